The Labute approximate surface area is 184 Å². The van der Waals surface area contributed by atoms with Crippen LogP contribution < -0.4 is 4.90 Å². The summed E-state index contributed by atoms with van der Waals surface area (Å²) in [5.74, 6) is -1.45. The molecule has 1 atom stereocenters. The SMILES string of the molecule is Cc1cc2nc(N3C(=O)C(O)=C(C(=O)C(C)(C)C)C3c3ccc(O)cc3)sc2cc1C. The zero-order valence-electron chi connectivity index (χ0n) is 18.1. The molecule has 4 rings (SSSR count). The molecule has 0 aliphatic carbocycles. The fourth-order valence-corrected chi connectivity index (χ4v) is 4.75. The Bertz CT molecular complexity index is 1210. The molecule has 0 radical (unpaired) electrons. The van der Waals surface area contributed by atoms with E-state index >= 15 is 0 Å². The van der Waals surface area contributed by atoms with Gasteiger partial charge in [-0.25, -0.2) is 4.98 Å². The van der Waals surface area contributed by atoms with Crippen molar-refractivity contribution >= 4 is 38.4 Å². The summed E-state index contributed by atoms with van der Waals surface area (Å²) >= 11 is 1.34. The number of Topliss-reactive ketones (excluding diaryl/α,β-unsaturated/α-hetero) is 1. The van der Waals surface area contributed by atoms with Gasteiger partial charge in [-0.2, -0.15) is 0 Å². The molecule has 0 fully saturated rings. The third-order valence-electron chi connectivity index (χ3n) is 5.54. The van der Waals surface area contributed by atoms with Crippen LogP contribution in [-0.4, -0.2) is 26.9 Å². The van der Waals surface area contributed by atoms with Gasteiger partial charge in [-0.1, -0.05) is 44.2 Å². The van der Waals surface area contributed by atoms with E-state index in [0.717, 1.165) is 21.3 Å². The topological polar surface area (TPSA) is 90.7 Å². The number of thiazole rings is 1. The molecule has 2 aromatic carbocycles. The van der Waals surface area contributed by atoms with Crippen molar-refractivity contribution in [2.75, 3.05) is 4.90 Å². The second-order valence-corrected chi connectivity index (χ2v) is 9.92. The lowest BCUT2D eigenvalue weighted by Gasteiger charge is -2.27. The highest BCUT2D eigenvalue weighted by atomic mass is 32.1. The highest BCUT2D eigenvalue weighted by molar-refractivity contribution is 7.22. The number of carbonyl (C=O) groups is 2. The summed E-state index contributed by atoms with van der Waals surface area (Å²) in [6, 6.07) is 9.45. The maximum atomic E-state index is 13.2. The lowest BCUT2D eigenvalue weighted by Crippen LogP contribution is -2.32. The molecule has 2 heterocycles. The Balaban J connectivity index is 1.91. The Morgan fingerprint density at radius 3 is 2.29 bits per heavy atom. The van der Waals surface area contributed by atoms with Crippen LogP contribution in [0.15, 0.2) is 47.7 Å². The van der Waals surface area contributed by atoms with Gasteiger partial charge in [0.25, 0.3) is 5.91 Å². The molecule has 0 saturated carbocycles. The number of nitrogens with zero attached hydrogens (tertiary/aromatic N) is 2. The fraction of sp³-hybridized carbons (Fsp3) is 0.292. The van der Waals surface area contributed by atoms with Crippen molar-refractivity contribution in [3.63, 3.8) is 0 Å². The van der Waals surface area contributed by atoms with Crippen LogP contribution in [0.3, 0.4) is 0 Å². The number of aromatic nitrogens is 1. The number of phenols is 1. The van der Waals surface area contributed by atoms with E-state index in [2.05, 4.69) is 4.98 Å². The number of aromatic hydroxyl groups is 1. The van der Waals surface area contributed by atoms with Gasteiger partial charge >= 0.3 is 0 Å². The van der Waals surface area contributed by atoms with Crippen LogP contribution in [0.4, 0.5) is 5.13 Å². The number of anilines is 1. The number of amides is 1. The van der Waals surface area contributed by atoms with Gasteiger partial charge in [0.15, 0.2) is 16.7 Å². The largest absolute Gasteiger partial charge is 0.508 e. The van der Waals surface area contributed by atoms with E-state index in [-0.39, 0.29) is 17.1 Å². The van der Waals surface area contributed by atoms with Crippen LogP contribution in [0, 0.1) is 19.3 Å². The molecule has 3 aromatic rings. The van der Waals surface area contributed by atoms with Crippen molar-refractivity contribution in [2.24, 2.45) is 5.41 Å². The summed E-state index contributed by atoms with van der Waals surface area (Å²) in [4.78, 5) is 32.5. The first-order valence-electron chi connectivity index (χ1n) is 9.97. The molecule has 1 aromatic heterocycles. The van der Waals surface area contributed by atoms with Crippen LogP contribution in [0.1, 0.15) is 43.5 Å². The number of ketones is 1. The quantitative estimate of drug-likeness (QED) is 0.594. The number of phenolic OH excluding ortho intramolecular Hbond substituents is 1. The summed E-state index contributed by atoms with van der Waals surface area (Å²) in [6.07, 6.45) is 0. The standard InChI is InChI=1S/C24H24N2O4S/c1-12-10-16-17(11-13(12)2)31-23(25-16)26-19(14-6-8-15(27)9-7-14)18(20(28)22(26)30)21(29)24(3,4)5/h6-11,19,27-28H,1-5H3. The molecule has 1 amide bonds. The van der Waals surface area contributed by atoms with Crippen molar-refractivity contribution in [2.45, 2.75) is 40.7 Å². The van der Waals surface area contributed by atoms with Crippen LogP contribution in [-0.2, 0) is 9.59 Å². The van der Waals surface area contributed by atoms with Crippen molar-refractivity contribution in [1.29, 1.82) is 0 Å². The number of carbonyl (C=O) groups excluding carboxylic acids is 2. The highest BCUT2D eigenvalue weighted by Gasteiger charge is 2.47. The van der Waals surface area contributed by atoms with Crippen molar-refractivity contribution in [3.05, 3.63) is 64.4 Å². The molecule has 31 heavy (non-hydrogen) atoms. The van der Waals surface area contributed by atoms with Gasteiger partial charge in [-0.05, 0) is 54.8 Å². The number of hydrogen-bond donors (Lipinski definition) is 2. The summed E-state index contributed by atoms with van der Waals surface area (Å²) < 4.78 is 0.922. The van der Waals surface area contributed by atoms with Gasteiger partial charge in [-0.15, -0.1) is 0 Å². The third kappa shape index (κ3) is 3.49. The number of aryl methyl sites for hydroxylation is 2. The predicted octanol–water partition coefficient (Wildman–Crippen LogP) is 5.13. The molecule has 2 N–H and O–H groups in total. The maximum Gasteiger partial charge on any atom is 0.296 e. The molecule has 0 saturated heterocycles. The Morgan fingerprint density at radius 1 is 1.06 bits per heavy atom. The predicted molar refractivity (Wildman–Crippen MR) is 122 cm³/mol. The fourth-order valence-electron chi connectivity index (χ4n) is 3.68. The molecule has 6 nitrogen and oxygen atoms in total. The number of aliphatic hydroxyl groups excluding tert-OH is 1. The average molecular weight is 437 g/mol. The van der Waals surface area contributed by atoms with Gasteiger partial charge in [0, 0.05) is 5.41 Å². The minimum Gasteiger partial charge on any atom is -0.508 e. The molecule has 1 aliphatic heterocycles. The molecular weight excluding hydrogens is 412 g/mol. The van der Waals surface area contributed by atoms with Gasteiger partial charge in [0.2, 0.25) is 0 Å². The monoisotopic (exact) mass is 436 g/mol. The highest BCUT2D eigenvalue weighted by Crippen LogP contribution is 2.45. The first-order valence-corrected chi connectivity index (χ1v) is 10.8. The van der Waals surface area contributed by atoms with E-state index in [1.54, 1.807) is 32.9 Å². The molecule has 7 heteroatoms. The first-order chi connectivity index (χ1) is 14.5. The van der Waals surface area contributed by atoms with Crippen LogP contribution >= 0.6 is 11.3 Å². The molecule has 0 spiro atoms. The minimum absolute atomic E-state index is 0.0507. The number of rotatable bonds is 3. The maximum absolute atomic E-state index is 13.2. The van der Waals surface area contributed by atoms with Crippen molar-refractivity contribution in [3.8, 4) is 5.75 Å². The summed E-state index contributed by atoms with van der Waals surface area (Å²) in [6.45, 7) is 9.27. The van der Waals surface area contributed by atoms with Crippen LogP contribution in [0.5, 0.6) is 5.75 Å². The Kier molecular flexibility index (Phi) is 4.89. The first kappa shape index (κ1) is 21.1. The van der Waals surface area contributed by atoms with Crippen LogP contribution in [0.2, 0.25) is 0 Å². The van der Waals surface area contributed by atoms with E-state index in [4.69, 9.17) is 0 Å². The van der Waals surface area contributed by atoms with E-state index < -0.39 is 23.1 Å². The zero-order chi connectivity index (χ0) is 22.7. The molecule has 0 bridgehead atoms. The van der Waals surface area contributed by atoms with Crippen LogP contribution in [0.25, 0.3) is 10.2 Å². The van der Waals surface area contributed by atoms with E-state index in [1.165, 1.54) is 28.4 Å². The van der Waals surface area contributed by atoms with Gasteiger partial charge in [0.05, 0.1) is 21.8 Å². The van der Waals surface area contributed by atoms with E-state index in [9.17, 15) is 19.8 Å². The van der Waals surface area contributed by atoms with Gasteiger partial charge < -0.3 is 10.2 Å². The van der Waals surface area contributed by atoms with Gasteiger partial charge in [-0.3, -0.25) is 14.5 Å². The van der Waals surface area contributed by atoms with E-state index in [1.807, 2.05) is 26.0 Å². The normalized spacial score (nSPS) is 17.1. The zero-order valence-corrected chi connectivity index (χ0v) is 18.9. The number of benzene rings is 2. The Hall–Kier alpha value is -3.19. The number of aliphatic hydroxyl groups is 1. The van der Waals surface area contributed by atoms with E-state index in [0.29, 0.717) is 10.7 Å². The minimum atomic E-state index is -0.831. The van der Waals surface area contributed by atoms with Gasteiger partial charge in [0.1, 0.15) is 5.75 Å². The average Bonchev–Trinajstić information content (AvgIpc) is 3.20. The second-order valence-electron chi connectivity index (χ2n) is 8.91. The lowest BCUT2D eigenvalue weighted by atomic mass is 9.82. The lowest BCUT2D eigenvalue weighted by molar-refractivity contribution is -0.123. The van der Waals surface area contributed by atoms with Crippen molar-refractivity contribution < 1.29 is 19.8 Å². The molecular formula is C24H24N2O4S. The smallest absolute Gasteiger partial charge is 0.296 e. The number of hydrogen-bond acceptors (Lipinski definition) is 6. The summed E-state index contributed by atoms with van der Waals surface area (Å²) in [7, 11) is 0. The Morgan fingerprint density at radius 2 is 1.68 bits per heavy atom. The molecule has 1 aliphatic rings. The molecule has 1 unspecified atom stereocenters. The summed E-state index contributed by atoms with van der Waals surface area (Å²) in [5.41, 5.74) is 2.84. The summed E-state index contributed by atoms with van der Waals surface area (Å²) in [5, 5.41) is 20.9. The third-order valence-corrected chi connectivity index (χ3v) is 6.56. The number of fused-ring (bicyclic) bond motifs is 1. The second kappa shape index (κ2) is 7.20. The molecule has 160 valence electrons. The van der Waals surface area contributed by atoms with Crippen molar-refractivity contribution in [1.82, 2.24) is 4.98 Å².